The number of rotatable bonds is 8. The summed E-state index contributed by atoms with van der Waals surface area (Å²) in [5, 5.41) is 3.39. The minimum absolute atomic E-state index is 0.285. The number of ether oxygens (including phenoxy) is 1. The summed E-state index contributed by atoms with van der Waals surface area (Å²) in [7, 11) is -3.60. The second kappa shape index (κ2) is 7.32. The molecule has 108 valence electrons. The molecule has 2 atom stereocenters. The third kappa shape index (κ3) is 6.42. The number of cyclic esters (lactones) is 1. The van der Waals surface area contributed by atoms with Crippen molar-refractivity contribution in [3.63, 3.8) is 0 Å². The van der Waals surface area contributed by atoms with Crippen LogP contribution in [0.25, 0.3) is 10.4 Å². The van der Waals surface area contributed by atoms with Gasteiger partial charge in [-0.3, -0.25) is 8.98 Å². The molecule has 8 nitrogen and oxygen atoms in total. The Bertz CT molecular complexity index is 458. The minimum Gasteiger partial charge on any atom is -0.460 e. The van der Waals surface area contributed by atoms with E-state index in [-0.39, 0.29) is 12.4 Å². The normalized spacial score (nSPS) is 20.7. The van der Waals surface area contributed by atoms with Crippen molar-refractivity contribution in [1.29, 1.82) is 0 Å². The summed E-state index contributed by atoms with van der Waals surface area (Å²) in [5.74, 6) is -0.332. The Labute approximate surface area is 111 Å². The molecule has 0 amide bonds. The van der Waals surface area contributed by atoms with Gasteiger partial charge in [0, 0.05) is 17.9 Å². The molecule has 1 heterocycles. The Morgan fingerprint density at radius 2 is 2.32 bits per heavy atom. The summed E-state index contributed by atoms with van der Waals surface area (Å²) in [5.41, 5.74) is 8.13. The standard InChI is InChI=1S/C10H17N3O5S/c1-19(15,16)18-9(4-2-3-7-12-13-11)8-5-6-10(14)17-8/h8-9H,2-7H2,1H3/t8-,9-/m0/s1. The van der Waals surface area contributed by atoms with Crippen LogP contribution in [0.5, 0.6) is 0 Å². The van der Waals surface area contributed by atoms with Crippen molar-refractivity contribution < 1.29 is 22.1 Å². The molecule has 1 rings (SSSR count). The fourth-order valence-electron chi connectivity index (χ4n) is 1.90. The highest BCUT2D eigenvalue weighted by atomic mass is 32.2. The van der Waals surface area contributed by atoms with Gasteiger partial charge in [0.2, 0.25) is 0 Å². The van der Waals surface area contributed by atoms with E-state index in [0.29, 0.717) is 32.2 Å². The minimum atomic E-state index is -3.60. The molecule has 0 N–H and O–H groups in total. The van der Waals surface area contributed by atoms with E-state index >= 15 is 0 Å². The number of carbonyl (C=O) groups is 1. The van der Waals surface area contributed by atoms with Crippen LogP contribution in [-0.2, 0) is 23.8 Å². The number of nitrogens with zero attached hydrogens (tertiary/aromatic N) is 3. The van der Waals surface area contributed by atoms with Gasteiger partial charge < -0.3 is 4.74 Å². The molecule has 0 aromatic carbocycles. The molecule has 0 aromatic heterocycles. The number of carbonyl (C=O) groups excluding carboxylic acids is 1. The first-order valence-corrected chi connectivity index (χ1v) is 7.82. The highest BCUT2D eigenvalue weighted by molar-refractivity contribution is 7.86. The topological polar surface area (TPSA) is 118 Å². The van der Waals surface area contributed by atoms with E-state index in [1.165, 1.54) is 0 Å². The Hall–Kier alpha value is -1.31. The van der Waals surface area contributed by atoms with E-state index in [1.807, 2.05) is 0 Å². The number of hydrogen-bond acceptors (Lipinski definition) is 6. The number of unbranched alkanes of at least 4 members (excludes halogenated alkanes) is 1. The van der Waals surface area contributed by atoms with Crippen LogP contribution < -0.4 is 0 Å². The van der Waals surface area contributed by atoms with Gasteiger partial charge in [0.1, 0.15) is 12.2 Å². The summed E-state index contributed by atoms with van der Waals surface area (Å²) >= 11 is 0. The fourth-order valence-corrected chi connectivity index (χ4v) is 2.57. The predicted octanol–water partition coefficient (Wildman–Crippen LogP) is 1.52. The molecule has 0 bridgehead atoms. The van der Waals surface area contributed by atoms with Gasteiger partial charge in [0.15, 0.2) is 0 Å². The molecule has 1 aliphatic rings. The van der Waals surface area contributed by atoms with Crippen molar-refractivity contribution >= 4 is 16.1 Å². The van der Waals surface area contributed by atoms with Gasteiger partial charge >= 0.3 is 5.97 Å². The Balaban J connectivity index is 2.49. The van der Waals surface area contributed by atoms with Gasteiger partial charge in [-0.15, -0.1) is 0 Å². The van der Waals surface area contributed by atoms with Crippen LogP contribution in [0.2, 0.25) is 0 Å². The van der Waals surface area contributed by atoms with Crippen LogP contribution in [0.3, 0.4) is 0 Å². The Kier molecular flexibility index (Phi) is 6.07. The Morgan fingerprint density at radius 1 is 1.58 bits per heavy atom. The first kappa shape index (κ1) is 15.7. The molecule has 0 aliphatic carbocycles. The molecule has 0 spiro atoms. The number of azide groups is 1. The summed E-state index contributed by atoms with van der Waals surface area (Å²) in [6.07, 6.45) is 2.25. The van der Waals surface area contributed by atoms with Gasteiger partial charge in [-0.2, -0.15) is 8.42 Å². The lowest BCUT2D eigenvalue weighted by atomic mass is 10.0. The van der Waals surface area contributed by atoms with E-state index < -0.39 is 22.3 Å². The van der Waals surface area contributed by atoms with Gasteiger partial charge in [0.05, 0.1) is 6.26 Å². The average molecular weight is 291 g/mol. The zero-order chi connectivity index (χ0) is 14.3. The zero-order valence-electron chi connectivity index (χ0n) is 10.7. The van der Waals surface area contributed by atoms with E-state index in [1.54, 1.807) is 0 Å². The second-order valence-electron chi connectivity index (χ2n) is 4.36. The zero-order valence-corrected chi connectivity index (χ0v) is 11.5. The van der Waals surface area contributed by atoms with Gasteiger partial charge in [0.25, 0.3) is 10.1 Å². The van der Waals surface area contributed by atoms with Crippen LogP contribution >= 0.6 is 0 Å². The van der Waals surface area contributed by atoms with Crippen LogP contribution in [0.4, 0.5) is 0 Å². The van der Waals surface area contributed by atoms with Gasteiger partial charge in [-0.25, -0.2) is 0 Å². The maximum absolute atomic E-state index is 11.2. The SMILES string of the molecule is CS(=O)(=O)O[C@@H](CCCCN=[N+]=[N-])[C@@H]1CCC(=O)O1. The summed E-state index contributed by atoms with van der Waals surface area (Å²) in [6, 6.07) is 0. The fraction of sp³-hybridized carbons (Fsp3) is 0.900. The van der Waals surface area contributed by atoms with Crippen LogP contribution in [0, 0.1) is 0 Å². The lowest BCUT2D eigenvalue weighted by molar-refractivity contribution is -0.144. The van der Waals surface area contributed by atoms with Crippen LogP contribution in [0.1, 0.15) is 32.1 Å². The van der Waals surface area contributed by atoms with Crippen molar-refractivity contribution in [2.75, 3.05) is 12.8 Å². The molecule has 9 heteroatoms. The molecular formula is C10H17N3O5S. The summed E-state index contributed by atoms with van der Waals surface area (Å²) in [6.45, 7) is 0.354. The quantitative estimate of drug-likeness (QED) is 0.168. The second-order valence-corrected chi connectivity index (χ2v) is 5.96. The molecule has 19 heavy (non-hydrogen) atoms. The predicted molar refractivity (Wildman–Crippen MR) is 66.7 cm³/mol. The molecule has 1 saturated heterocycles. The van der Waals surface area contributed by atoms with E-state index in [0.717, 1.165) is 6.26 Å². The third-order valence-corrected chi connectivity index (χ3v) is 3.29. The van der Waals surface area contributed by atoms with Gasteiger partial charge in [-0.05, 0) is 24.8 Å². The van der Waals surface area contributed by atoms with Crippen molar-refractivity contribution in [3.8, 4) is 0 Å². The third-order valence-electron chi connectivity index (χ3n) is 2.69. The van der Waals surface area contributed by atoms with Gasteiger partial charge in [-0.1, -0.05) is 11.5 Å². The lowest BCUT2D eigenvalue weighted by Crippen LogP contribution is -2.31. The molecule has 0 aromatic rings. The number of hydrogen-bond donors (Lipinski definition) is 0. The van der Waals surface area contributed by atoms with Crippen molar-refractivity contribution in [3.05, 3.63) is 10.4 Å². The lowest BCUT2D eigenvalue weighted by Gasteiger charge is -2.21. The number of esters is 1. The first-order valence-electron chi connectivity index (χ1n) is 6.01. The summed E-state index contributed by atoms with van der Waals surface area (Å²) in [4.78, 5) is 13.7. The molecule has 0 saturated carbocycles. The largest absolute Gasteiger partial charge is 0.460 e. The highest BCUT2D eigenvalue weighted by Gasteiger charge is 2.33. The van der Waals surface area contributed by atoms with Crippen LogP contribution in [0.15, 0.2) is 5.11 Å². The molecule has 1 fully saturated rings. The van der Waals surface area contributed by atoms with Crippen LogP contribution in [-0.4, -0.2) is 39.4 Å². The molecule has 0 unspecified atom stereocenters. The Morgan fingerprint density at radius 3 is 2.84 bits per heavy atom. The summed E-state index contributed by atoms with van der Waals surface area (Å²) < 4.78 is 32.4. The molecule has 0 radical (unpaired) electrons. The molecular weight excluding hydrogens is 274 g/mol. The molecule has 1 aliphatic heterocycles. The monoisotopic (exact) mass is 291 g/mol. The van der Waals surface area contributed by atoms with E-state index in [2.05, 4.69) is 10.0 Å². The highest BCUT2D eigenvalue weighted by Crippen LogP contribution is 2.23. The van der Waals surface area contributed by atoms with Crippen molar-refractivity contribution in [2.24, 2.45) is 5.11 Å². The van der Waals surface area contributed by atoms with Crippen molar-refractivity contribution in [2.45, 2.75) is 44.3 Å². The average Bonchev–Trinajstić information content (AvgIpc) is 2.72. The smallest absolute Gasteiger partial charge is 0.306 e. The van der Waals surface area contributed by atoms with Crippen molar-refractivity contribution in [1.82, 2.24) is 0 Å². The van der Waals surface area contributed by atoms with E-state index in [4.69, 9.17) is 14.5 Å². The maximum atomic E-state index is 11.2. The maximum Gasteiger partial charge on any atom is 0.306 e. The first-order chi connectivity index (χ1) is 8.92. The van der Waals surface area contributed by atoms with E-state index in [9.17, 15) is 13.2 Å².